The molecule has 0 saturated carbocycles. The Hall–Kier alpha value is -4.23. The Morgan fingerprint density at radius 3 is 2.27 bits per heavy atom. The van der Waals surface area contributed by atoms with Crippen LogP contribution in [0.5, 0.6) is 0 Å². The van der Waals surface area contributed by atoms with Gasteiger partial charge in [0.05, 0.1) is 0 Å². The first-order valence-corrected chi connectivity index (χ1v) is 12.3. The van der Waals surface area contributed by atoms with Gasteiger partial charge in [0.1, 0.15) is 17.7 Å². The minimum atomic E-state index is -1.19. The SMILES string of the molecule is C#Cc1ccccc1C(C(=O)NCCCC)N(C#C)C(=O)C(Cc1ccccc1)NC(=O)OC(C)(C)C. The molecule has 2 aromatic carbocycles. The highest BCUT2D eigenvalue weighted by Gasteiger charge is 2.36. The molecule has 0 bridgehead atoms. The van der Waals surface area contributed by atoms with E-state index in [1.165, 1.54) is 0 Å². The minimum absolute atomic E-state index is 0.137. The molecule has 7 nitrogen and oxygen atoms in total. The van der Waals surface area contributed by atoms with E-state index >= 15 is 0 Å². The Balaban J connectivity index is 2.50. The number of benzene rings is 2. The zero-order valence-corrected chi connectivity index (χ0v) is 21.9. The van der Waals surface area contributed by atoms with E-state index in [1.807, 2.05) is 37.3 Å². The molecule has 2 N–H and O–H groups in total. The van der Waals surface area contributed by atoms with E-state index in [1.54, 1.807) is 45.0 Å². The molecule has 0 aliphatic rings. The molecule has 7 heteroatoms. The molecular formula is C30H35N3O4. The van der Waals surface area contributed by atoms with Crippen molar-refractivity contribution in [2.24, 2.45) is 0 Å². The van der Waals surface area contributed by atoms with Crippen molar-refractivity contribution in [1.82, 2.24) is 15.5 Å². The molecule has 3 amide bonds. The Morgan fingerprint density at radius 2 is 1.68 bits per heavy atom. The maximum absolute atomic E-state index is 13.9. The van der Waals surface area contributed by atoms with Gasteiger partial charge >= 0.3 is 6.09 Å². The number of nitrogens with one attached hydrogen (secondary N) is 2. The molecule has 0 aliphatic heterocycles. The number of terminal acetylenes is 2. The molecular weight excluding hydrogens is 466 g/mol. The first-order chi connectivity index (χ1) is 17.6. The minimum Gasteiger partial charge on any atom is -0.444 e. The first kappa shape index (κ1) is 29.0. The number of amides is 3. The van der Waals surface area contributed by atoms with Gasteiger partial charge in [0, 0.05) is 30.1 Å². The van der Waals surface area contributed by atoms with Crippen molar-refractivity contribution in [3.8, 4) is 24.8 Å². The number of alkyl carbamates (subject to hydrolysis) is 1. The summed E-state index contributed by atoms with van der Waals surface area (Å²) >= 11 is 0. The number of rotatable bonds is 10. The fourth-order valence-electron chi connectivity index (χ4n) is 3.68. The first-order valence-electron chi connectivity index (χ1n) is 12.3. The second kappa shape index (κ2) is 13.8. The predicted octanol–water partition coefficient (Wildman–Crippen LogP) is 4.18. The van der Waals surface area contributed by atoms with Crippen LogP contribution in [0, 0.1) is 24.8 Å². The third-order valence-electron chi connectivity index (χ3n) is 5.40. The van der Waals surface area contributed by atoms with Crippen molar-refractivity contribution in [2.45, 2.75) is 64.6 Å². The Morgan fingerprint density at radius 1 is 1.03 bits per heavy atom. The zero-order chi connectivity index (χ0) is 27.4. The van der Waals surface area contributed by atoms with Gasteiger partial charge in [-0.15, -0.1) is 6.42 Å². The fourth-order valence-corrected chi connectivity index (χ4v) is 3.68. The van der Waals surface area contributed by atoms with Crippen molar-refractivity contribution >= 4 is 17.9 Å². The van der Waals surface area contributed by atoms with Crippen molar-refractivity contribution in [3.05, 3.63) is 71.3 Å². The molecule has 2 unspecified atom stereocenters. The Kier molecular flexibility index (Phi) is 10.8. The maximum atomic E-state index is 13.9. The van der Waals surface area contributed by atoms with Crippen molar-refractivity contribution in [3.63, 3.8) is 0 Å². The van der Waals surface area contributed by atoms with Gasteiger partial charge in [-0.05, 0) is 38.8 Å². The smallest absolute Gasteiger partial charge is 0.408 e. The van der Waals surface area contributed by atoms with Crippen LogP contribution in [-0.4, -0.2) is 41.0 Å². The molecule has 194 valence electrons. The molecule has 0 heterocycles. The summed E-state index contributed by atoms with van der Waals surface area (Å²) in [5.74, 6) is 1.47. The van der Waals surface area contributed by atoms with Crippen LogP contribution in [0.1, 0.15) is 63.3 Å². The maximum Gasteiger partial charge on any atom is 0.408 e. The summed E-state index contributed by atoms with van der Waals surface area (Å²) in [6.45, 7) is 7.59. The molecule has 2 rings (SSSR count). The Labute approximate surface area is 220 Å². The highest BCUT2D eigenvalue weighted by atomic mass is 16.6. The zero-order valence-electron chi connectivity index (χ0n) is 21.9. The van der Waals surface area contributed by atoms with E-state index in [2.05, 4.69) is 22.6 Å². The van der Waals surface area contributed by atoms with Gasteiger partial charge < -0.3 is 15.4 Å². The van der Waals surface area contributed by atoms with Crippen molar-refractivity contribution in [1.29, 1.82) is 0 Å². The molecule has 37 heavy (non-hydrogen) atoms. The second-order valence-corrected chi connectivity index (χ2v) is 9.50. The van der Waals surface area contributed by atoms with Gasteiger partial charge in [0.15, 0.2) is 0 Å². The Bertz CT molecular complexity index is 1160. The monoisotopic (exact) mass is 501 g/mol. The van der Waals surface area contributed by atoms with Crippen LogP contribution < -0.4 is 10.6 Å². The highest BCUT2D eigenvalue weighted by Crippen LogP contribution is 2.25. The van der Waals surface area contributed by atoms with E-state index in [4.69, 9.17) is 17.6 Å². The summed E-state index contributed by atoms with van der Waals surface area (Å²) in [5.41, 5.74) is 0.873. The number of nitrogens with zero attached hydrogens (tertiary/aromatic N) is 1. The van der Waals surface area contributed by atoms with E-state index in [0.717, 1.165) is 23.3 Å². The van der Waals surface area contributed by atoms with E-state index in [9.17, 15) is 14.4 Å². The van der Waals surface area contributed by atoms with Crippen LogP contribution in [0.25, 0.3) is 0 Å². The van der Waals surface area contributed by atoms with E-state index in [0.29, 0.717) is 17.7 Å². The van der Waals surface area contributed by atoms with Crippen molar-refractivity contribution < 1.29 is 19.1 Å². The lowest BCUT2D eigenvalue weighted by Crippen LogP contribution is -2.52. The molecule has 0 radical (unpaired) electrons. The lowest BCUT2D eigenvalue weighted by molar-refractivity contribution is -0.138. The average molecular weight is 502 g/mol. The summed E-state index contributed by atoms with van der Waals surface area (Å²) in [7, 11) is 0. The largest absolute Gasteiger partial charge is 0.444 e. The highest BCUT2D eigenvalue weighted by molar-refractivity contribution is 5.93. The quantitative estimate of drug-likeness (QED) is 0.290. The van der Waals surface area contributed by atoms with Crippen LogP contribution in [0.15, 0.2) is 54.6 Å². The summed E-state index contributed by atoms with van der Waals surface area (Å²) in [4.78, 5) is 41.0. The topological polar surface area (TPSA) is 87.7 Å². The number of carbonyl (C=O) groups excluding carboxylic acids is 3. The molecule has 2 aromatic rings. The molecule has 0 fully saturated rings. The molecule has 0 spiro atoms. The molecule has 0 aliphatic carbocycles. The number of hydrogen-bond acceptors (Lipinski definition) is 4. The predicted molar refractivity (Wildman–Crippen MR) is 144 cm³/mol. The summed E-state index contributed by atoms with van der Waals surface area (Å²) < 4.78 is 5.39. The van der Waals surface area contributed by atoms with Gasteiger partial charge in [-0.3, -0.25) is 14.5 Å². The van der Waals surface area contributed by atoms with Crippen LogP contribution in [0.3, 0.4) is 0 Å². The van der Waals surface area contributed by atoms with E-state index < -0.39 is 35.6 Å². The van der Waals surface area contributed by atoms with Crippen LogP contribution in [-0.2, 0) is 20.7 Å². The summed E-state index contributed by atoms with van der Waals surface area (Å²) in [6, 6.07) is 16.1. The van der Waals surface area contributed by atoms with Crippen LogP contribution in [0.4, 0.5) is 4.79 Å². The average Bonchev–Trinajstić information content (AvgIpc) is 2.86. The molecule has 0 saturated heterocycles. The normalized spacial score (nSPS) is 12.3. The number of hydrogen-bond donors (Lipinski definition) is 2. The lowest BCUT2D eigenvalue weighted by atomic mass is 9.97. The van der Waals surface area contributed by atoms with Gasteiger partial charge in [-0.2, -0.15) is 0 Å². The second-order valence-electron chi connectivity index (χ2n) is 9.50. The van der Waals surface area contributed by atoms with Crippen LogP contribution in [0.2, 0.25) is 0 Å². The summed E-state index contributed by atoms with van der Waals surface area (Å²) in [5, 5.41) is 5.50. The third kappa shape index (κ3) is 8.74. The fraction of sp³-hybridized carbons (Fsp3) is 0.367. The molecule has 2 atom stereocenters. The third-order valence-corrected chi connectivity index (χ3v) is 5.40. The standard InChI is InChI=1S/C30H35N3O4/c1-7-10-20-31-27(34)26(24-19-15-14-18-23(24)8-2)33(9-3)28(35)25(21-22-16-12-11-13-17-22)32-29(36)37-30(4,5)6/h2-3,11-19,25-26H,7,10,20-21H2,1,4-6H3,(H,31,34)(H,32,36). The van der Waals surface area contributed by atoms with Gasteiger partial charge in [0.25, 0.3) is 5.91 Å². The molecule has 0 aromatic heterocycles. The van der Waals surface area contributed by atoms with Gasteiger partial charge in [-0.1, -0.05) is 74.2 Å². The van der Waals surface area contributed by atoms with Crippen LogP contribution >= 0.6 is 0 Å². The van der Waals surface area contributed by atoms with Crippen molar-refractivity contribution in [2.75, 3.05) is 6.54 Å². The number of carbonyl (C=O) groups is 3. The van der Waals surface area contributed by atoms with E-state index in [-0.39, 0.29) is 6.42 Å². The number of ether oxygens (including phenoxy) is 1. The lowest BCUT2D eigenvalue weighted by Gasteiger charge is -2.31. The van der Waals surface area contributed by atoms with Gasteiger partial charge in [0.2, 0.25) is 5.91 Å². The summed E-state index contributed by atoms with van der Waals surface area (Å²) in [6.07, 6.45) is 12.5. The number of unbranched alkanes of at least 4 members (excludes halogenated alkanes) is 1. The van der Waals surface area contributed by atoms with Gasteiger partial charge in [-0.25, -0.2) is 4.79 Å².